The fraction of sp³-hybridized carbons (Fsp3) is 0.467. The van der Waals surface area contributed by atoms with E-state index in [1.807, 2.05) is 12.3 Å². The molecule has 2 aromatic rings. The molecule has 1 aromatic heterocycles. The Labute approximate surface area is 137 Å². The van der Waals surface area contributed by atoms with Crippen molar-refractivity contribution in [2.75, 3.05) is 14.1 Å². The first-order chi connectivity index (χ1) is 10.8. The third kappa shape index (κ3) is 4.15. The summed E-state index contributed by atoms with van der Waals surface area (Å²) in [5, 5.41) is 8.16. The van der Waals surface area contributed by atoms with E-state index in [9.17, 15) is 8.42 Å². The second-order valence-electron chi connectivity index (χ2n) is 5.67. The lowest BCUT2D eigenvalue weighted by Crippen LogP contribution is -2.22. The van der Waals surface area contributed by atoms with E-state index in [1.54, 1.807) is 22.9 Å². The maximum absolute atomic E-state index is 12.2. The molecule has 1 aromatic carbocycles. The van der Waals surface area contributed by atoms with E-state index in [1.165, 1.54) is 18.4 Å². The van der Waals surface area contributed by atoms with Gasteiger partial charge in [0, 0.05) is 14.1 Å². The fourth-order valence-electron chi connectivity index (χ4n) is 2.22. The molecule has 0 spiro atoms. The summed E-state index contributed by atoms with van der Waals surface area (Å²) < 4.78 is 27.2. The molecule has 2 N–H and O–H groups in total. The molecule has 1 heterocycles. The molecule has 0 amide bonds. The first-order valence-electron chi connectivity index (χ1n) is 7.51. The highest BCUT2D eigenvalue weighted by molar-refractivity contribution is 7.89. The first-order valence-corrected chi connectivity index (χ1v) is 8.95. The third-order valence-corrected chi connectivity index (χ3v) is 5.37. The van der Waals surface area contributed by atoms with Gasteiger partial charge in [0.15, 0.2) is 0 Å². The van der Waals surface area contributed by atoms with Crippen LogP contribution in [0.15, 0.2) is 35.4 Å². The molecule has 0 aliphatic heterocycles. The van der Waals surface area contributed by atoms with Gasteiger partial charge in [-0.2, -0.15) is 0 Å². The van der Waals surface area contributed by atoms with Gasteiger partial charge < -0.3 is 5.73 Å². The van der Waals surface area contributed by atoms with E-state index in [4.69, 9.17) is 5.73 Å². The van der Waals surface area contributed by atoms with Crippen molar-refractivity contribution in [2.45, 2.75) is 37.2 Å². The third-order valence-electron chi connectivity index (χ3n) is 3.56. The Morgan fingerprint density at radius 1 is 1.35 bits per heavy atom. The monoisotopic (exact) mass is 337 g/mol. The molecule has 0 aliphatic carbocycles. The van der Waals surface area contributed by atoms with Crippen molar-refractivity contribution in [1.29, 1.82) is 0 Å². The summed E-state index contributed by atoms with van der Waals surface area (Å²) in [4.78, 5) is 0.267. The number of hydrogen-bond acceptors (Lipinski definition) is 5. The molecule has 8 heteroatoms. The van der Waals surface area contributed by atoms with E-state index in [2.05, 4.69) is 17.2 Å². The number of nitrogens with two attached hydrogens (primary N) is 1. The second-order valence-corrected chi connectivity index (χ2v) is 7.82. The molecule has 0 saturated carbocycles. The highest BCUT2D eigenvalue weighted by Gasteiger charge is 2.17. The Kier molecular flexibility index (Phi) is 5.51. The van der Waals surface area contributed by atoms with Gasteiger partial charge in [-0.1, -0.05) is 30.7 Å². The van der Waals surface area contributed by atoms with Crippen molar-refractivity contribution in [3.05, 3.63) is 41.7 Å². The maximum Gasteiger partial charge on any atom is 0.242 e. The Hall–Kier alpha value is -1.77. The van der Waals surface area contributed by atoms with Crippen LogP contribution in [0.2, 0.25) is 0 Å². The molecule has 126 valence electrons. The summed E-state index contributed by atoms with van der Waals surface area (Å²) in [6, 6.07) is 6.72. The van der Waals surface area contributed by atoms with Gasteiger partial charge >= 0.3 is 0 Å². The molecule has 0 fully saturated rings. The van der Waals surface area contributed by atoms with Crippen LogP contribution in [0, 0.1) is 0 Å². The predicted molar refractivity (Wildman–Crippen MR) is 88.3 cm³/mol. The largest absolute Gasteiger partial charge is 0.323 e. The van der Waals surface area contributed by atoms with Crippen LogP contribution in [0.3, 0.4) is 0 Å². The minimum atomic E-state index is -3.44. The highest BCUT2D eigenvalue weighted by Crippen LogP contribution is 2.16. The maximum atomic E-state index is 12.2. The number of aromatic nitrogens is 3. The number of nitrogens with zero attached hydrogens (tertiary/aromatic N) is 4. The van der Waals surface area contributed by atoms with Crippen molar-refractivity contribution in [2.24, 2.45) is 5.73 Å². The molecule has 2 rings (SSSR count). The number of sulfonamides is 1. The zero-order chi connectivity index (χ0) is 17.0. The Bertz CT molecular complexity index is 755. The zero-order valence-electron chi connectivity index (χ0n) is 13.7. The lowest BCUT2D eigenvalue weighted by atomic mass is 10.1. The van der Waals surface area contributed by atoms with Crippen molar-refractivity contribution in [3.63, 3.8) is 0 Å². The van der Waals surface area contributed by atoms with Gasteiger partial charge in [-0.25, -0.2) is 17.4 Å². The van der Waals surface area contributed by atoms with Crippen LogP contribution in [0.4, 0.5) is 0 Å². The van der Waals surface area contributed by atoms with Gasteiger partial charge in [-0.05, 0) is 24.1 Å². The van der Waals surface area contributed by atoms with Gasteiger partial charge in [0.2, 0.25) is 10.0 Å². The van der Waals surface area contributed by atoms with Crippen LogP contribution < -0.4 is 5.73 Å². The second kappa shape index (κ2) is 7.20. The average molecular weight is 337 g/mol. The lowest BCUT2D eigenvalue weighted by Gasteiger charge is -2.12. The summed E-state index contributed by atoms with van der Waals surface area (Å²) in [7, 11) is -0.410. The van der Waals surface area contributed by atoms with Crippen LogP contribution in [0.1, 0.15) is 37.1 Å². The number of hydrogen-bond donors (Lipinski definition) is 1. The van der Waals surface area contributed by atoms with Gasteiger partial charge in [-0.3, -0.25) is 0 Å². The van der Waals surface area contributed by atoms with Crippen LogP contribution >= 0.6 is 0 Å². The van der Waals surface area contributed by atoms with Crippen molar-refractivity contribution < 1.29 is 8.42 Å². The van der Waals surface area contributed by atoms with E-state index >= 15 is 0 Å². The Morgan fingerprint density at radius 3 is 2.74 bits per heavy atom. The topological polar surface area (TPSA) is 94.1 Å². The van der Waals surface area contributed by atoms with Crippen molar-refractivity contribution in [3.8, 4) is 0 Å². The lowest BCUT2D eigenvalue weighted by molar-refractivity contribution is 0.520. The molecule has 7 nitrogen and oxygen atoms in total. The number of benzene rings is 1. The molecule has 1 atom stereocenters. The fourth-order valence-corrected chi connectivity index (χ4v) is 3.19. The zero-order valence-corrected chi connectivity index (χ0v) is 14.5. The van der Waals surface area contributed by atoms with Gasteiger partial charge in [-0.15, -0.1) is 5.10 Å². The van der Waals surface area contributed by atoms with E-state index in [0.29, 0.717) is 6.54 Å². The quantitative estimate of drug-likeness (QED) is 0.823. The smallest absolute Gasteiger partial charge is 0.242 e. The molecular weight excluding hydrogens is 314 g/mol. The summed E-state index contributed by atoms with van der Waals surface area (Å²) >= 11 is 0. The van der Waals surface area contributed by atoms with Crippen molar-refractivity contribution in [1.82, 2.24) is 19.3 Å². The average Bonchev–Trinajstić information content (AvgIpc) is 2.96. The molecule has 0 aliphatic rings. The summed E-state index contributed by atoms with van der Waals surface area (Å²) in [6.45, 7) is 2.52. The highest BCUT2D eigenvalue weighted by atomic mass is 32.2. The molecular formula is C15H23N5O2S. The van der Waals surface area contributed by atoms with Gasteiger partial charge in [0.05, 0.1) is 29.4 Å². The molecule has 0 bridgehead atoms. The standard InChI is InChI=1S/C15H23N5O2S/c1-4-6-14(16)15-11-20(18-17-15)10-12-7-5-8-13(9-12)23(21,22)19(2)3/h5,7-9,11,14H,4,6,10,16H2,1-3H3/t14-/m0/s1. The normalized spacial score (nSPS) is 13.4. The summed E-state index contributed by atoms with van der Waals surface area (Å²) in [5.74, 6) is 0. The van der Waals surface area contributed by atoms with E-state index in [0.717, 1.165) is 24.1 Å². The van der Waals surface area contributed by atoms with Crippen LogP contribution in [0.5, 0.6) is 0 Å². The van der Waals surface area contributed by atoms with Crippen molar-refractivity contribution >= 4 is 10.0 Å². The van der Waals surface area contributed by atoms with E-state index < -0.39 is 10.0 Å². The SMILES string of the molecule is CCC[C@H](N)c1cn(Cc2cccc(S(=O)(=O)N(C)C)c2)nn1. The summed E-state index contributed by atoms with van der Waals surface area (Å²) in [6.07, 6.45) is 3.65. The van der Waals surface area contributed by atoms with Gasteiger partial charge in [0.25, 0.3) is 0 Å². The predicted octanol–water partition coefficient (Wildman–Crippen LogP) is 1.38. The minimum absolute atomic E-state index is 0.116. The molecule has 0 saturated heterocycles. The summed E-state index contributed by atoms with van der Waals surface area (Å²) in [5.41, 5.74) is 7.62. The Balaban J connectivity index is 2.19. The van der Waals surface area contributed by atoms with E-state index in [-0.39, 0.29) is 10.9 Å². The molecule has 0 unspecified atom stereocenters. The Morgan fingerprint density at radius 2 is 2.09 bits per heavy atom. The van der Waals surface area contributed by atoms with Crippen LogP contribution in [-0.4, -0.2) is 41.8 Å². The first kappa shape index (κ1) is 17.6. The van der Waals surface area contributed by atoms with Crippen LogP contribution in [0.25, 0.3) is 0 Å². The minimum Gasteiger partial charge on any atom is -0.323 e. The molecule has 0 radical (unpaired) electrons. The van der Waals surface area contributed by atoms with Crippen LogP contribution in [-0.2, 0) is 16.6 Å². The number of rotatable bonds is 7. The molecule has 23 heavy (non-hydrogen) atoms. The van der Waals surface area contributed by atoms with Gasteiger partial charge in [0.1, 0.15) is 0 Å².